The number of aryl methyl sites for hydroxylation is 2. The molecule has 0 heterocycles. The number of aliphatic hydroxyl groups excluding tert-OH is 1. The first-order valence-electron chi connectivity index (χ1n) is 8.37. The molecule has 0 saturated carbocycles. The number of benzene rings is 2. The summed E-state index contributed by atoms with van der Waals surface area (Å²) in [6.07, 6.45) is 1.65. The van der Waals surface area contributed by atoms with Crippen molar-refractivity contribution in [1.82, 2.24) is 0 Å². The first kappa shape index (κ1) is 19.2. The fourth-order valence-electron chi connectivity index (χ4n) is 2.75. The molecule has 0 aliphatic heterocycles. The molecular formula is C20H25ClO2S. The highest BCUT2D eigenvalue weighted by Crippen LogP contribution is 2.36. The van der Waals surface area contributed by atoms with Crippen molar-refractivity contribution < 1.29 is 9.32 Å². The summed E-state index contributed by atoms with van der Waals surface area (Å²) in [7, 11) is -1.47. The SMILES string of the molecule is CCC[C@@](Cl)([C@@H](O)CCc1ccccc1)S(=O)c1ccc(C)cc1. The van der Waals surface area contributed by atoms with Gasteiger partial charge in [-0.1, -0.05) is 61.4 Å². The summed E-state index contributed by atoms with van der Waals surface area (Å²) >= 11 is 6.73. The zero-order valence-electron chi connectivity index (χ0n) is 14.2. The van der Waals surface area contributed by atoms with Gasteiger partial charge in [-0.25, -0.2) is 0 Å². The maximum atomic E-state index is 13.0. The predicted octanol–water partition coefficient (Wildman–Crippen LogP) is 4.83. The summed E-state index contributed by atoms with van der Waals surface area (Å²) in [6, 6.07) is 17.5. The van der Waals surface area contributed by atoms with Crippen molar-refractivity contribution in [2.45, 2.75) is 54.7 Å². The van der Waals surface area contributed by atoms with E-state index >= 15 is 0 Å². The largest absolute Gasteiger partial charge is 0.390 e. The van der Waals surface area contributed by atoms with E-state index in [1.165, 1.54) is 0 Å². The van der Waals surface area contributed by atoms with Gasteiger partial charge in [0, 0.05) is 4.90 Å². The van der Waals surface area contributed by atoms with Gasteiger partial charge in [0.2, 0.25) is 0 Å². The molecule has 24 heavy (non-hydrogen) atoms. The molecule has 0 aromatic heterocycles. The van der Waals surface area contributed by atoms with Crippen molar-refractivity contribution in [2.24, 2.45) is 0 Å². The molecule has 0 spiro atoms. The van der Waals surface area contributed by atoms with Gasteiger partial charge in [0.1, 0.15) is 4.21 Å². The Labute approximate surface area is 152 Å². The van der Waals surface area contributed by atoms with E-state index in [1.807, 2.05) is 68.4 Å². The van der Waals surface area contributed by atoms with E-state index in [0.717, 1.165) is 17.5 Å². The van der Waals surface area contributed by atoms with Gasteiger partial charge < -0.3 is 5.11 Å². The Bertz CT molecular complexity index is 657. The van der Waals surface area contributed by atoms with Crippen molar-refractivity contribution >= 4 is 22.4 Å². The molecule has 0 radical (unpaired) electrons. The maximum absolute atomic E-state index is 13.0. The van der Waals surface area contributed by atoms with Gasteiger partial charge in [-0.3, -0.25) is 4.21 Å². The Morgan fingerprint density at radius 3 is 2.33 bits per heavy atom. The lowest BCUT2D eigenvalue weighted by Crippen LogP contribution is -2.41. The zero-order chi connectivity index (χ0) is 17.6. The number of hydrogen-bond acceptors (Lipinski definition) is 2. The van der Waals surface area contributed by atoms with E-state index < -0.39 is 21.1 Å². The second-order valence-corrected chi connectivity index (χ2v) is 8.79. The number of halogens is 1. The Morgan fingerprint density at radius 1 is 1.12 bits per heavy atom. The van der Waals surface area contributed by atoms with Crippen LogP contribution < -0.4 is 0 Å². The summed E-state index contributed by atoms with van der Waals surface area (Å²) in [5.74, 6) is 0. The normalized spacial score (nSPS) is 16.3. The van der Waals surface area contributed by atoms with Gasteiger partial charge in [-0.2, -0.15) is 0 Å². The molecule has 0 fully saturated rings. The van der Waals surface area contributed by atoms with Crippen LogP contribution >= 0.6 is 11.6 Å². The average molecular weight is 365 g/mol. The fraction of sp³-hybridized carbons (Fsp3) is 0.400. The number of rotatable bonds is 8. The van der Waals surface area contributed by atoms with Crippen molar-refractivity contribution in [2.75, 3.05) is 0 Å². The minimum atomic E-state index is -1.47. The second kappa shape index (κ2) is 8.80. The molecule has 0 amide bonds. The van der Waals surface area contributed by atoms with Crippen LogP contribution in [-0.2, 0) is 17.2 Å². The molecule has 1 N–H and O–H groups in total. The summed E-state index contributed by atoms with van der Waals surface area (Å²) in [5, 5.41) is 10.7. The number of aliphatic hydroxyl groups is 1. The molecular weight excluding hydrogens is 340 g/mol. The Morgan fingerprint density at radius 2 is 1.75 bits per heavy atom. The predicted molar refractivity (Wildman–Crippen MR) is 102 cm³/mol. The third-order valence-corrected chi connectivity index (χ3v) is 6.84. The minimum Gasteiger partial charge on any atom is -0.390 e. The summed E-state index contributed by atoms with van der Waals surface area (Å²) in [4.78, 5) is 0.669. The molecule has 0 aliphatic carbocycles. The monoisotopic (exact) mass is 364 g/mol. The highest BCUT2D eigenvalue weighted by molar-refractivity contribution is 7.88. The molecule has 4 heteroatoms. The van der Waals surface area contributed by atoms with Crippen LogP contribution in [0.1, 0.15) is 37.3 Å². The number of hydrogen-bond donors (Lipinski definition) is 1. The molecule has 2 aromatic rings. The second-order valence-electron chi connectivity index (χ2n) is 6.16. The standard InChI is InChI=1S/C20H25ClO2S/c1-3-15-20(21,24(23)18-12-9-16(2)10-13-18)19(22)14-11-17-7-5-4-6-8-17/h4-10,12-13,19,22H,3,11,14-15H2,1-2H3/t19-,20-,24?/m0/s1. The van der Waals surface area contributed by atoms with E-state index in [4.69, 9.17) is 11.6 Å². The molecule has 2 aromatic carbocycles. The molecule has 1 unspecified atom stereocenters. The summed E-state index contributed by atoms with van der Waals surface area (Å²) < 4.78 is 11.9. The van der Waals surface area contributed by atoms with Gasteiger partial charge in [0.25, 0.3) is 0 Å². The van der Waals surface area contributed by atoms with Crippen LogP contribution in [0.15, 0.2) is 59.5 Å². The number of alkyl halides is 1. The molecule has 130 valence electrons. The van der Waals surface area contributed by atoms with Crippen molar-refractivity contribution in [1.29, 1.82) is 0 Å². The van der Waals surface area contributed by atoms with E-state index in [9.17, 15) is 9.32 Å². The van der Waals surface area contributed by atoms with Crippen molar-refractivity contribution in [3.05, 3.63) is 65.7 Å². The third-order valence-electron chi connectivity index (χ3n) is 4.18. The van der Waals surface area contributed by atoms with Crippen molar-refractivity contribution in [3.63, 3.8) is 0 Å². The lowest BCUT2D eigenvalue weighted by molar-refractivity contribution is 0.142. The molecule has 0 aliphatic rings. The lowest BCUT2D eigenvalue weighted by Gasteiger charge is -2.31. The Hall–Kier alpha value is -1.16. The molecule has 3 atom stereocenters. The van der Waals surface area contributed by atoms with Crippen LogP contribution in [0.5, 0.6) is 0 Å². The fourth-order valence-corrected chi connectivity index (χ4v) is 4.84. The van der Waals surface area contributed by atoms with E-state index in [-0.39, 0.29) is 0 Å². The molecule has 2 rings (SSSR count). The van der Waals surface area contributed by atoms with Crippen LogP contribution in [0.4, 0.5) is 0 Å². The zero-order valence-corrected chi connectivity index (χ0v) is 15.8. The first-order chi connectivity index (χ1) is 11.5. The van der Waals surface area contributed by atoms with Gasteiger partial charge in [-0.15, -0.1) is 11.6 Å². The van der Waals surface area contributed by atoms with Gasteiger partial charge in [0.05, 0.1) is 16.9 Å². The van der Waals surface area contributed by atoms with Crippen LogP contribution in [0, 0.1) is 6.92 Å². The van der Waals surface area contributed by atoms with Crippen LogP contribution in [0.2, 0.25) is 0 Å². The summed E-state index contributed by atoms with van der Waals surface area (Å²) in [5.41, 5.74) is 2.25. The smallest absolute Gasteiger partial charge is 0.149 e. The minimum absolute atomic E-state index is 0.491. The quantitative estimate of drug-likeness (QED) is 0.681. The van der Waals surface area contributed by atoms with Crippen LogP contribution in [0.3, 0.4) is 0 Å². The van der Waals surface area contributed by atoms with Gasteiger partial charge in [-0.05, 0) is 43.9 Å². The van der Waals surface area contributed by atoms with Crippen LogP contribution in [-0.4, -0.2) is 19.6 Å². The topological polar surface area (TPSA) is 37.3 Å². The average Bonchev–Trinajstić information content (AvgIpc) is 2.60. The first-order valence-corrected chi connectivity index (χ1v) is 9.89. The molecule has 0 saturated heterocycles. The lowest BCUT2D eigenvalue weighted by atomic mass is 10.0. The van der Waals surface area contributed by atoms with Crippen LogP contribution in [0.25, 0.3) is 0 Å². The highest BCUT2D eigenvalue weighted by atomic mass is 35.5. The Balaban J connectivity index is 2.15. The third kappa shape index (κ3) is 4.69. The molecule has 0 bridgehead atoms. The highest BCUT2D eigenvalue weighted by Gasteiger charge is 2.41. The van der Waals surface area contributed by atoms with Gasteiger partial charge in [0.15, 0.2) is 0 Å². The van der Waals surface area contributed by atoms with E-state index in [2.05, 4.69) is 0 Å². The van der Waals surface area contributed by atoms with Crippen molar-refractivity contribution in [3.8, 4) is 0 Å². The summed E-state index contributed by atoms with van der Waals surface area (Å²) in [6.45, 7) is 3.98. The van der Waals surface area contributed by atoms with E-state index in [1.54, 1.807) is 0 Å². The molecule has 2 nitrogen and oxygen atoms in total. The van der Waals surface area contributed by atoms with E-state index in [0.29, 0.717) is 24.2 Å². The Kier molecular flexibility index (Phi) is 7.02. The maximum Gasteiger partial charge on any atom is 0.149 e. The van der Waals surface area contributed by atoms with Gasteiger partial charge >= 0.3 is 0 Å².